The summed E-state index contributed by atoms with van der Waals surface area (Å²) in [5.41, 5.74) is 6.88. The molecule has 1 aromatic carbocycles. The number of halogens is 1. The largest absolute Gasteiger partial charge is 1.00 e. The number of aromatic nitrogens is 1. The molecule has 1 heterocycles. The fourth-order valence-corrected chi connectivity index (χ4v) is 2.86. The van der Waals surface area contributed by atoms with Crippen LogP contribution >= 0.6 is 0 Å². The van der Waals surface area contributed by atoms with E-state index in [0.29, 0.717) is 0 Å². The second-order valence-corrected chi connectivity index (χ2v) is 10.1. The van der Waals surface area contributed by atoms with E-state index in [1.807, 2.05) is 0 Å². The lowest BCUT2D eigenvalue weighted by atomic mass is 9.79. The first-order valence-corrected chi connectivity index (χ1v) is 8.90. The summed E-state index contributed by atoms with van der Waals surface area (Å²) in [6.45, 7) is 14.7. The van der Waals surface area contributed by atoms with Crippen molar-refractivity contribution < 1.29 is 28.5 Å². The van der Waals surface area contributed by atoms with Gasteiger partial charge in [0.1, 0.15) is 6.54 Å². The normalized spacial score (nSPS) is 12.8. The molecule has 0 amide bonds. The number of hydrogen-bond acceptors (Lipinski definition) is 0. The molecular formula is C22H35IN2. The number of H-pyrrole nitrogens is 1. The molecule has 0 saturated carbocycles. The van der Waals surface area contributed by atoms with E-state index < -0.39 is 0 Å². The first-order chi connectivity index (χ1) is 10.8. The minimum Gasteiger partial charge on any atom is -1.00 e. The zero-order valence-corrected chi connectivity index (χ0v) is 19.6. The molecule has 0 unspecified atom stereocenters. The van der Waals surface area contributed by atoms with E-state index in [0.717, 1.165) is 11.0 Å². The summed E-state index contributed by atoms with van der Waals surface area (Å²) in [5.74, 6) is 0. The van der Waals surface area contributed by atoms with Gasteiger partial charge in [-0.2, -0.15) is 0 Å². The highest BCUT2D eigenvalue weighted by Crippen LogP contribution is 2.33. The topological polar surface area (TPSA) is 15.8 Å². The summed E-state index contributed by atoms with van der Waals surface area (Å²) < 4.78 is 0.926. The molecule has 140 valence electrons. The van der Waals surface area contributed by atoms with E-state index in [-0.39, 0.29) is 34.8 Å². The Morgan fingerprint density at radius 2 is 1.28 bits per heavy atom. The number of rotatable bonds is 3. The van der Waals surface area contributed by atoms with Crippen molar-refractivity contribution in [1.29, 1.82) is 0 Å². The monoisotopic (exact) mass is 454 g/mol. The fourth-order valence-electron chi connectivity index (χ4n) is 2.86. The molecule has 0 fully saturated rings. The summed E-state index contributed by atoms with van der Waals surface area (Å²) in [6.07, 6.45) is 0. The van der Waals surface area contributed by atoms with Gasteiger partial charge in [-0.1, -0.05) is 47.6 Å². The van der Waals surface area contributed by atoms with Crippen LogP contribution in [0.5, 0.6) is 0 Å². The molecule has 0 bridgehead atoms. The molecular weight excluding hydrogens is 419 g/mol. The molecule has 0 saturated heterocycles. The number of quaternary nitrogens is 1. The molecule has 0 aliphatic heterocycles. The quantitative estimate of drug-likeness (QED) is 0.542. The standard InChI is InChI=1S/C22H35N2.HI/c1-21(2,3)17-12-16(13-18(14-17)22(4,5)6)20-11-10-19(23-20)15-24(7,8)9;/h10-14,23H,15H2,1-9H3;1H/q+1;/p-1. The predicted octanol–water partition coefficient (Wildman–Crippen LogP) is 2.49. The Morgan fingerprint density at radius 1 is 0.800 bits per heavy atom. The van der Waals surface area contributed by atoms with Gasteiger partial charge in [0.25, 0.3) is 0 Å². The first-order valence-electron chi connectivity index (χ1n) is 8.90. The molecule has 2 nitrogen and oxygen atoms in total. The highest BCUT2D eigenvalue weighted by Gasteiger charge is 2.21. The van der Waals surface area contributed by atoms with Crippen LogP contribution in [0.1, 0.15) is 58.4 Å². The van der Waals surface area contributed by atoms with Crippen LogP contribution in [0.3, 0.4) is 0 Å². The summed E-state index contributed by atoms with van der Waals surface area (Å²) in [4.78, 5) is 3.63. The third-order valence-corrected chi connectivity index (χ3v) is 4.37. The molecule has 25 heavy (non-hydrogen) atoms. The third kappa shape index (κ3) is 6.14. The highest BCUT2D eigenvalue weighted by atomic mass is 127. The Balaban J connectivity index is 0.00000312. The third-order valence-electron chi connectivity index (χ3n) is 4.37. The van der Waals surface area contributed by atoms with Gasteiger partial charge in [0.2, 0.25) is 0 Å². The van der Waals surface area contributed by atoms with Gasteiger partial charge in [-0.25, -0.2) is 0 Å². The number of aromatic amines is 1. The fraction of sp³-hybridized carbons (Fsp3) is 0.545. The van der Waals surface area contributed by atoms with Crippen LogP contribution in [0.15, 0.2) is 30.3 Å². The van der Waals surface area contributed by atoms with Gasteiger partial charge in [0, 0.05) is 5.69 Å². The second kappa shape index (κ2) is 7.43. The molecule has 3 heteroatoms. The van der Waals surface area contributed by atoms with Crippen molar-refractivity contribution in [3.05, 3.63) is 47.2 Å². The molecule has 0 aliphatic carbocycles. The maximum atomic E-state index is 3.63. The molecule has 2 rings (SSSR count). The Kier molecular flexibility index (Phi) is 6.61. The van der Waals surface area contributed by atoms with Crippen LogP contribution in [0.25, 0.3) is 11.3 Å². The lowest BCUT2D eigenvalue weighted by molar-refractivity contribution is -0.884. The average Bonchev–Trinajstić information content (AvgIpc) is 2.82. The van der Waals surface area contributed by atoms with Crippen LogP contribution in [-0.4, -0.2) is 30.6 Å². The highest BCUT2D eigenvalue weighted by molar-refractivity contribution is 5.63. The van der Waals surface area contributed by atoms with Gasteiger partial charge in [-0.3, -0.25) is 0 Å². The van der Waals surface area contributed by atoms with Crippen molar-refractivity contribution in [2.45, 2.75) is 58.9 Å². The minimum absolute atomic E-state index is 0. The first kappa shape index (κ1) is 22.2. The van der Waals surface area contributed by atoms with E-state index in [9.17, 15) is 0 Å². The smallest absolute Gasteiger partial charge is 0.119 e. The van der Waals surface area contributed by atoms with Gasteiger partial charge in [-0.15, -0.1) is 0 Å². The number of hydrogen-bond donors (Lipinski definition) is 1. The summed E-state index contributed by atoms with van der Waals surface area (Å²) in [7, 11) is 6.66. The Morgan fingerprint density at radius 3 is 1.68 bits per heavy atom. The second-order valence-electron chi connectivity index (χ2n) is 10.1. The van der Waals surface area contributed by atoms with E-state index in [4.69, 9.17) is 0 Å². The van der Waals surface area contributed by atoms with E-state index >= 15 is 0 Å². The number of benzene rings is 1. The van der Waals surface area contributed by atoms with Crippen molar-refractivity contribution in [3.8, 4) is 11.3 Å². The zero-order chi connectivity index (χ0) is 18.3. The molecule has 0 aliphatic rings. The summed E-state index contributed by atoms with van der Waals surface area (Å²) >= 11 is 0. The van der Waals surface area contributed by atoms with Crippen molar-refractivity contribution in [3.63, 3.8) is 0 Å². The Bertz CT molecular complexity index is 675. The van der Waals surface area contributed by atoms with Gasteiger partial charge >= 0.3 is 0 Å². The molecule has 1 N–H and O–H groups in total. The van der Waals surface area contributed by atoms with Gasteiger partial charge in [0.05, 0.1) is 26.8 Å². The maximum Gasteiger partial charge on any atom is 0.119 e. The van der Waals surface area contributed by atoms with Crippen LogP contribution in [-0.2, 0) is 17.4 Å². The SMILES string of the molecule is CC(C)(C)c1cc(-c2ccc(C[N+](C)(C)C)[nH]2)cc(C(C)(C)C)c1.[I-]. The van der Waals surface area contributed by atoms with Crippen LogP contribution < -0.4 is 24.0 Å². The summed E-state index contributed by atoms with van der Waals surface area (Å²) in [5, 5.41) is 0. The van der Waals surface area contributed by atoms with E-state index in [2.05, 4.69) is 98.0 Å². The van der Waals surface area contributed by atoms with Crippen LogP contribution in [0.2, 0.25) is 0 Å². The average molecular weight is 454 g/mol. The number of nitrogens with zero attached hydrogens (tertiary/aromatic N) is 1. The van der Waals surface area contributed by atoms with Crippen LogP contribution in [0.4, 0.5) is 0 Å². The lowest BCUT2D eigenvalue weighted by Gasteiger charge is -2.26. The van der Waals surface area contributed by atoms with Crippen molar-refractivity contribution in [1.82, 2.24) is 4.98 Å². The van der Waals surface area contributed by atoms with E-state index in [1.54, 1.807) is 0 Å². The molecule has 1 aromatic heterocycles. The molecule has 2 aromatic rings. The van der Waals surface area contributed by atoms with Crippen molar-refractivity contribution in [2.24, 2.45) is 0 Å². The van der Waals surface area contributed by atoms with Crippen molar-refractivity contribution in [2.75, 3.05) is 21.1 Å². The Labute approximate surface area is 171 Å². The summed E-state index contributed by atoms with van der Waals surface area (Å²) in [6, 6.07) is 11.5. The van der Waals surface area contributed by atoms with Crippen molar-refractivity contribution >= 4 is 0 Å². The maximum absolute atomic E-state index is 3.63. The Hall–Kier alpha value is -0.810. The lowest BCUT2D eigenvalue weighted by Crippen LogP contribution is -3.00. The zero-order valence-electron chi connectivity index (χ0n) is 17.4. The van der Waals surface area contributed by atoms with Gasteiger partial charge in [0.15, 0.2) is 0 Å². The predicted molar refractivity (Wildman–Crippen MR) is 105 cm³/mol. The van der Waals surface area contributed by atoms with Gasteiger partial charge < -0.3 is 33.4 Å². The molecule has 0 radical (unpaired) electrons. The van der Waals surface area contributed by atoms with E-state index in [1.165, 1.54) is 28.1 Å². The van der Waals surface area contributed by atoms with Crippen LogP contribution in [0, 0.1) is 0 Å². The molecule has 0 spiro atoms. The van der Waals surface area contributed by atoms with Gasteiger partial charge in [-0.05, 0) is 51.8 Å². The number of nitrogens with one attached hydrogen (secondary N) is 1. The minimum atomic E-state index is 0. The molecule has 0 atom stereocenters.